The number of ketones is 2. The summed E-state index contributed by atoms with van der Waals surface area (Å²) in [5.41, 5.74) is -5.76. The summed E-state index contributed by atoms with van der Waals surface area (Å²) in [4.78, 5) is 63.3. The summed E-state index contributed by atoms with van der Waals surface area (Å²) in [7, 11) is 0. The van der Waals surface area contributed by atoms with E-state index in [-0.39, 0.29) is 46.6 Å². The van der Waals surface area contributed by atoms with Crippen molar-refractivity contribution < 1.29 is 73.2 Å². The smallest absolute Gasteiger partial charge is 0.303 e. The van der Waals surface area contributed by atoms with Gasteiger partial charge in [-0.15, -0.1) is 0 Å². The summed E-state index contributed by atoms with van der Waals surface area (Å²) in [5.74, 6) is -8.00. The average Bonchev–Trinajstić information content (AvgIpc) is 3.03. The van der Waals surface area contributed by atoms with E-state index >= 15 is 0 Å². The minimum absolute atomic E-state index is 0.0265. The molecule has 51 heavy (non-hydrogen) atoms. The van der Waals surface area contributed by atoms with E-state index in [4.69, 9.17) is 23.7 Å². The standard InChI is InChI=1S/C36H36O15/c1-14-10-22(42)27-31(46)26-24(50-35(27,12-37)33(14)48-17(4)39)9-7-19(29(26)44)20-6-8-21(41)25-30(45)28-23(43)11-15(2)34(49-18(5)40)36(28,51-32(20)25)13-47-16(3)38/h6-9,14-15,33-34,37,41,44-46H,10-13H2,1-5H3. The summed E-state index contributed by atoms with van der Waals surface area (Å²) in [5, 5.41) is 56.7. The van der Waals surface area contributed by atoms with Gasteiger partial charge in [0.1, 0.15) is 52.3 Å². The predicted molar refractivity (Wildman–Crippen MR) is 173 cm³/mol. The third-order valence-corrected chi connectivity index (χ3v) is 9.77. The maximum Gasteiger partial charge on any atom is 0.303 e. The second-order valence-corrected chi connectivity index (χ2v) is 13.3. The van der Waals surface area contributed by atoms with Crippen molar-refractivity contribution in [2.75, 3.05) is 13.2 Å². The van der Waals surface area contributed by atoms with E-state index in [0.29, 0.717) is 0 Å². The highest BCUT2D eigenvalue weighted by Gasteiger charge is 2.61. The monoisotopic (exact) mass is 708 g/mol. The van der Waals surface area contributed by atoms with Gasteiger partial charge in [-0.3, -0.25) is 24.0 Å². The van der Waals surface area contributed by atoms with E-state index in [2.05, 4.69) is 0 Å². The highest BCUT2D eigenvalue weighted by Crippen LogP contribution is 2.57. The molecule has 0 spiro atoms. The first-order valence-corrected chi connectivity index (χ1v) is 16.1. The fraction of sp³-hybridized carbons (Fsp3) is 0.417. The van der Waals surface area contributed by atoms with Gasteiger partial charge in [0.2, 0.25) is 11.2 Å². The van der Waals surface area contributed by atoms with E-state index in [1.807, 2.05) is 0 Å². The molecule has 5 N–H and O–H groups in total. The molecule has 2 saturated carbocycles. The molecule has 15 heteroatoms. The number of hydrogen-bond donors (Lipinski definition) is 5. The molecular weight excluding hydrogens is 672 g/mol. The number of carbonyl (C=O) groups is 5. The number of esters is 3. The summed E-state index contributed by atoms with van der Waals surface area (Å²) in [6.45, 7) is 5.04. The molecule has 4 aliphatic rings. The summed E-state index contributed by atoms with van der Waals surface area (Å²) >= 11 is 0. The van der Waals surface area contributed by atoms with Crippen LogP contribution in [0.25, 0.3) is 22.6 Å². The molecule has 0 radical (unpaired) electrons. The van der Waals surface area contributed by atoms with E-state index in [0.717, 1.165) is 26.8 Å². The molecule has 6 rings (SSSR count). The van der Waals surface area contributed by atoms with Crippen LogP contribution >= 0.6 is 0 Å². The maximum absolute atomic E-state index is 13.5. The SMILES string of the molecule is CC(=O)OCC12Oc3c(-c4ccc5c(c4O)C(O)=C4C(=O)CC(C)C(OC(C)=O)C4(CO)O5)ccc(O)c3C(O)=C1C(=O)CC(C)C2OC(C)=O. The molecule has 6 unspecified atom stereocenters. The van der Waals surface area contributed by atoms with Gasteiger partial charge in [0, 0.05) is 56.6 Å². The molecule has 0 saturated heterocycles. The van der Waals surface area contributed by atoms with Crippen molar-refractivity contribution in [1.29, 1.82) is 0 Å². The fourth-order valence-corrected chi connectivity index (χ4v) is 7.79. The van der Waals surface area contributed by atoms with Crippen molar-refractivity contribution in [3.05, 3.63) is 46.5 Å². The maximum atomic E-state index is 13.5. The molecule has 2 fully saturated rings. The van der Waals surface area contributed by atoms with Crippen LogP contribution in [0.2, 0.25) is 0 Å². The minimum Gasteiger partial charge on any atom is -0.507 e. The lowest BCUT2D eigenvalue weighted by atomic mass is 9.69. The lowest BCUT2D eigenvalue weighted by Gasteiger charge is -2.48. The van der Waals surface area contributed by atoms with Crippen molar-refractivity contribution in [3.8, 4) is 34.1 Å². The van der Waals surface area contributed by atoms with Gasteiger partial charge in [-0.25, -0.2) is 0 Å². The van der Waals surface area contributed by atoms with Crippen LogP contribution in [0.4, 0.5) is 0 Å². The highest BCUT2D eigenvalue weighted by molar-refractivity contribution is 6.08. The van der Waals surface area contributed by atoms with Crippen LogP contribution in [0, 0.1) is 11.8 Å². The van der Waals surface area contributed by atoms with E-state index in [1.54, 1.807) is 13.8 Å². The highest BCUT2D eigenvalue weighted by atomic mass is 16.6. The van der Waals surface area contributed by atoms with Crippen LogP contribution in [-0.4, -0.2) is 91.6 Å². The molecule has 270 valence electrons. The average molecular weight is 709 g/mol. The van der Waals surface area contributed by atoms with Crippen molar-refractivity contribution in [3.63, 3.8) is 0 Å². The Bertz CT molecular complexity index is 1970. The van der Waals surface area contributed by atoms with Gasteiger partial charge >= 0.3 is 17.9 Å². The van der Waals surface area contributed by atoms with Crippen molar-refractivity contribution in [2.45, 2.75) is 70.9 Å². The Morgan fingerprint density at radius 1 is 0.745 bits per heavy atom. The number of aliphatic hydroxyl groups excluding tert-OH is 3. The van der Waals surface area contributed by atoms with E-state index in [9.17, 15) is 49.5 Å². The Morgan fingerprint density at radius 3 is 1.82 bits per heavy atom. The lowest BCUT2D eigenvalue weighted by Crippen LogP contribution is -2.63. The molecular formula is C36H36O15. The van der Waals surface area contributed by atoms with Gasteiger partial charge in [-0.1, -0.05) is 13.8 Å². The Hall–Kier alpha value is -5.57. The Kier molecular flexibility index (Phi) is 8.53. The first kappa shape index (κ1) is 35.3. The number of aromatic hydroxyl groups is 2. The van der Waals surface area contributed by atoms with Gasteiger partial charge in [0.05, 0.1) is 17.8 Å². The van der Waals surface area contributed by atoms with Gasteiger partial charge in [-0.2, -0.15) is 0 Å². The molecule has 0 aromatic heterocycles. The number of phenolic OH excluding ortho intramolecular Hbond substituents is 2. The lowest BCUT2D eigenvalue weighted by molar-refractivity contribution is -0.177. The van der Waals surface area contributed by atoms with Gasteiger partial charge in [0.25, 0.3) is 0 Å². The summed E-state index contributed by atoms with van der Waals surface area (Å²) < 4.78 is 29.1. The van der Waals surface area contributed by atoms with Gasteiger partial charge in [-0.05, 0) is 24.3 Å². The predicted octanol–water partition coefficient (Wildman–Crippen LogP) is 3.20. The number of hydrogen-bond acceptors (Lipinski definition) is 15. The number of ether oxygens (including phenoxy) is 5. The molecule has 2 aliphatic heterocycles. The van der Waals surface area contributed by atoms with Crippen LogP contribution in [0.5, 0.6) is 23.0 Å². The van der Waals surface area contributed by atoms with E-state index in [1.165, 1.54) is 18.2 Å². The minimum atomic E-state index is -2.11. The molecule has 0 bridgehead atoms. The van der Waals surface area contributed by atoms with Crippen LogP contribution in [0.1, 0.15) is 58.6 Å². The normalized spacial score (nSPS) is 28.0. The van der Waals surface area contributed by atoms with Crippen LogP contribution < -0.4 is 9.47 Å². The fourth-order valence-electron chi connectivity index (χ4n) is 7.79. The summed E-state index contributed by atoms with van der Waals surface area (Å²) in [6.07, 6.45) is -2.85. The number of phenols is 2. The Morgan fingerprint density at radius 2 is 1.27 bits per heavy atom. The second-order valence-electron chi connectivity index (χ2n) is 13.3. The third kappa shape index (κ3) is 5.25. The topological polar surface area (TPSA) is 233 Å². The Labute approximate surface area is 290 Å². The van der Waals surface area contributed by atoms with Crippen molar-refractivity contribution >= 4 is 41.0 Å². The number of aliphatic hydroxyl groups is 3. The van der Waals surface area contributed by atoms with E-state index < -0.39 is 112 Å². The number of fused-ring (bicyclic) bond motifs is 4. The molecule has 2 aromatic rings. The number of benzene rings is 2. The molecule has 0 amide bonds. The molecule has 2 heterocycles. The molecule has 15 nitrogen and oxygen atoms in total. The first-order chi connectivity index (χ1) is 24.0. The van der Waals surface area contributed by atoms with Crippen LogP contribution in [-0.2, 0) is 38.2 Å². The largest absolute Gasteiger partial charge is 0.507 e. The zero-order chi connectivity index (χ0) is 37.3. The van der Waals surface area contributed by atoms with Crippen molar-refractivity contribution in [2.24, 2.45) is 11.8 Å². The van der Waals surface area contributed by atoms with Gasteiger partial charge < -0.3 is 49.2 Å². The number of carbonyl (C=O) groups excluding carboxylic acids is 5. The second kappa shape index (κ2) is 12.3. The Balaban J connectivity index is 1.58. The zero-order valence-electron chi connectivity index (χ0n) is 28.3. The third-order valence-electron chi connectivity index (χ3n) is 9.77. The molecule has 2 aliphatic carbocycles. The van der Waals surface area contributed by atoms with Crippen LogP contribution in [0.3, 0.4) is 0 Å². The first-order valence-electron chi connectivity index (χ1n) is 16.1. The molecule has 2 aromatic carbocycles. The van der Waals surface area contributed by atoms with Gasteiger partial charge in [0.15, 0.2) is 23.8 Å². The van der Waals surface area contributed by atoms with Crippen molar-refractivity contribution in [1.82, 2.24) is 0 Å². The molecule has 6 atom stereocenters. The summed E-state index contributed by atoms with van der Waals surface area (Å²) in [6, 6.07) is 5.11. The number of rotatable bonds is 6. The van der Waals surface area contributed by atoms with Crippen LogP contribution in [0.15, 0.2) is 35.4 Å². The quantitative estimate of drug-likeness (QED) is 0.214. The zero-order valence-corrected chi connectivity index (χ0v) is 28.3. The number of Topliss-reactive ketones (excluding diaryl/α,β-unsaturated/α-hetero) is 2.